The van der Waals surface area contributed by atoms with Gasteiger partial charge in [0.25, 0.3) is 5.91 Å². The van der Waals surface area contributed by atoms with Crippen LogP contribution in [0, 0.1) is 0 Å². The molecule has 25 heavy (non-hydrogen) atoms. The molecule has 1 heterocycles. The minimum atomic E-state index is -0.0697. The molecular weight excluding hydrogens is 359 g/mol. The molecule has 2 aromatic carbocycles. The zero-order valence-electron chi connectivity index (χ0n) is 14.2. The first-order valence-corrected chi connectivity index (χ1v) is 8.38. The van der Waals surface area contributed by atoms with Gasteiger partial charge in [0.05, 0.1) is 23.4 Å². The Morgan fingerprint density at radius 1 is 1.28 bits per heavy atom. The Morgan fingerprint density at radius 2 is 1.96 bits per heavy atom. The van der Waals surface area contributed by atoms with Gasteiger partial charge in [-0.1, -0.05) is 41.9 Å². The minimum absolute atomic E-state index is 0. The number of nitrogen functional groups attached to an aromatic ring is 1. The van der Waals surface area contributed by atoms with Gasteiger partial charge in [0.15, 0.2) is 0 Å². The molecule has 1 fully saturated rings. The van der Waals surface area contributed by atoms with E-state index in [2.05, 4.69) is 19.1 Å². The van der Waals surface area contributed by atoms with Gasteiger partial charge in [-0.15, -0.1) is 12.4 Å². The van der Waals surface area contributed by atoms with Crippen LogP contribution in [0.2, 0.25) is 5.02 Å². The molecule has 2 unspecified atom stereocenters. The second-order valence-electron chi connectivity index (χ2n) is 6.22. The van der Waals surface area contributed by atoms with Crippen molar-refractivity contribution < 1.29 is 9.53 Å². The van der Waals surface area contributed by atoms with E-state index < -0.39 is 0 Å². The molecule has 134 valence electrons. The van der Waals surface area contributed by atoms with Gasteiger partial charge in [-0.3, -0.25) is 4.79 Å². The van der Waals surface area contributed by atoms with E-state index in [-0.39, 0.29) is 24.4 Å². The number of halogens is 2. The Labute approximate surface area is 159 Å². The molecule has 0 spiro atoms. The predicted molar refractivity (Wildman–Crippen MR) is 104 cm³/mol. The summed E-state index contributed by atoms with van der Waals surface area (Å²) < 4.78 is 5.32. The smallest absolute Gasteiger partial charge is 0.257 e. The largest absolute Gasteiger partial charge is 0.496 e. The van der Waals surface area contributed by atoms with Crippen molar-refractivity contribution in [1.29, 1.82) is 0 Å². The number of carbonyl (C=O) groups excluding carboxylic acids is 1. The van der Waals surface area contributed by atoms with E-state index in [0.717, 1.165) is 6.42 Å². The number of benzene rings is 2. The summed E-state index contributed by atoms with van der Waals surface area (Å²) in [5.41, 5.74) is 7.93. The van der Waals surface area contributed by atoms with E-state index in [0.29, 0.717) is 34.5 Å². The van der Waals surface area contributed by atoms with Crippen LogP contribution >= 0.6 is 24.0 Å². The molecule has 1 aliphatic heterocycles. The Hall–Kier alpha value is -1.91. The third-order valence-corrected chi connectivity index (χ3v) is 4.98. The zero-order chi connectivity index (χ0) is 17.3. The second kappa shape index (κ2) is 7.98. The lowest BCUT2D eigenvalue weighted by molar-refractivity contribution is 0.0742. The lowest BCUT2D eigenvalue weighted by Gasteiger charge is -2.23. The maximum atomic E-state index is 13.0. The average molecular weight is 381 g/mol. The maximum absolute atomic E-state index is 13.0. The summed E-state index contributed by atoms with van der Waals surface area (Å²) in [6.07, 6.45) is 0.945. The summed E-state index contributed by atoms with van der Waals surface area (Å²) in [4.78, 5) is 14.9. The van der Waals surface area contributed by atoms with Gasteiger partial charge in [0.1, 0.15) is 5.75 Å². The standard InChI is InChI=1S/C19H21ClN2O2.ClH/c1-12-8-14(13-6-4-3-5-7-13)11-22(12)19(23)15-9-16(20)17(21)10-18(15)24-2;/h3-7,9-10,12,14H,8,11,21H2,1-2H3;1H. The summed E-state index contributed by atoms with van der Waals surface area (Å²) in [6.45, 7) is 2.77. The van der Waals surface area contributed by atoms with E-state index in [1.807, 2.05) is 23.1 Å². The number of carbonyl (C=O) groups is 1. The first-order chi connectivity index (χ1) is 11.5. The molecule has 0 aromatic heterocycles. The van der Waals surface area contributed by atoms with Crippen molar-refractivity contribution in [1.82, 2.24) is 4.90 Å². The predicted octanol–water partition coefficient (Wildman–Crippen LogP) is 4.37. The third kappa shape index (κ3) is 3.86. The summed E-state index contributed by atoms with van der Waals surface area (Å²) in [6, 6.07) is 13.7. The molecule has 0 aliphatic carbocycles. The van der Waals surface area contributed by atoms with Gasteiger partial charge in [0.2, 0.25) is 0 Å². The Balaban J connectivity index is 0.00000225. The van der Waals surface area contributed by atoms with Crippen LogP contribution < -0.4 is 10.5 Å². The van der Waals surface area contributed by atoms with Gasteiger partial charge < -0.3 is 15.4 Å². The van der Waals surface area contributed by atoms with Gasteiger partial charge in [0, 0.05) is 24.6 Å². The van der Waals surface area contributed by atoms with Gasteiger partial charge in [-0.2, -0.15) is 0 Å². The number of rotatable bonds is 3. The van der Waals surface area contributed by atoms with Crippen LogP contribution in [0.4, 0.5) is 5.69 Å². The molecule has 1 amide bonds. The molecule has 2 atom stereocenters. The number of ether oxygens (including phenoxy) is 1. The number of amides is 1. The van der Waals surface area contributed by atoms with Crippen molar-refractivity contribution in [3.8, 4) is 5.75 Å². The Morgan fingerprint density at radius 3 is 2.60 bits per heavy atom. The lowest BCUT2D eigenvalue weighted by Crippen LogP contribution is -2.34. The fourth-order valence-corrected chi connectivity index (χ4v) is 3.50. The highest BCUT2D eigenvalue weighted by atomic mass is 35.5. The van der Waals surface area contributed by atoms with E-state index in [1.165, 1.54) is 12.7 Å². The van der Waals surface area contributed by atoms with Crippen molar-refractivity contribution in [3.63, 3.8) is 0 Å². The van der Waals surface area contributed by atoms with E-state index in [4.69, 9.17) is 22.1 Å². The Kier molecular flexibility index (Phi) is 6.20. The highest BCUT2D eigenvalue weighted by Crippen LogP contribution is 2.35. The first-order valence-electron chi connectivity index (χ1n) is 8.00. The highest BCUT2D eigenvalue weighted by molar-refractivity contribution is 6.33. The number of anilines is 1. The number of hydrogen-bond donors (Lipinski definition) is 1. The summed E-state index contributed by atoms with van der Waals surface area (Å²) >= 11 is 6.10. The topological polar surface area (TPSA) is 55.6 Å². The zero-order valence-corrected chi connectivity index (χ0v) is 15.8. The number of nitrogens with two attached hydrogens (primary N) is 1. The molecule has 2 aromatic rings. The molecule has 0 bridgehead atoms. The van der Waals surface area contributed by atoms with E-state index in [9.17, 15) is 4.79 Å². The number of hydrogen-bond acceptors (Lipinski definition) is 3. The monoisotopic (exact) mass is 380 g/mol. The van der Waals surface area contributed by atoms with Crippen molar-refractivity contribution >= 4 is 35.6 Å². The van der Waals surface area contributed by atoms with Crippen LogP contribution in [0.5, 0.6) is 5.75 Å². The van der Waals surface area contributed by atoms with Gasteiger partial charge in [-0.25, -0.2) is 0 Å². The summed E-state index contributed by atoms with van der Waals surface area (Å²) in [5.74, 6) is 0.734. The molecular formula is C19H22Cl2N2O2. The second-order valence-corrected chi connectivity index (χ2v) is 6.63. The fourth-order valence-electron chi connectivity index (χ4n) is 3.34. The molecule has 2 N–H and O–H groups in total. The van der Waals surface area contributed by atoms with Crippen LogP contribution in [0.25, 0.3) is 0 Å². The first kappa shape index (κ1) is 19.4. The molecule has 0 saturated carbocycles. The van der Waals surface area contributed by atoms with Crippen molar-refractivity contribution in [2.45, 2.75) is 25.3 Å². The molecule has 6 heteroatoms. The van der Waals surface area contributed by atoms with E-state index >= 15 is 0 Å². The minimum Gasteiger partial charge on any atom is -0.496 e. The van der Waals surface area contributed by atoms with Gasteiger partial charge >= 0.3 is 0 Å². The number of likely N-dealkylation sites (tertiary alicyclic amines) is 1. The van der Waals surface area contributed by atoms with Crippen LogP contribution in [0.1, 0.15) is 35.2 Å². The fraction of sp³-hybridized carbons (Fsp3) is 0.316. The van der Waals surface area contributed by atoms with Crippen LogP contribution in [-0.2, 0) is 0 Å². The Bertz CT molecular complexity index is 753. The van der Waals surface area contributed by atoms with Crippen molar-refractivity contribution in [2.24, 2.45) is 0 Å². The molecule has 1 aliphatic rings. The molecule has 3 rings (SSSR count). The van der Waals surface area contributed by atoms with Crippen LogP contribution in [0.3, 0.4) is 0 Å². The van der Waals surface area contributed by atoms with Crippen molar-refractivity contribution in [2.75, 3.05) is 19.4 Å². The average Bonchev–Trinajstić information content (AvgIpc) is 2.99. The molecule has 4 nitrogen and oxygen atoms in total. The highest BCUT2D eigenvalue weighted by Gasteiger charge is 2.34. The SMILES string of the molecule is COc1cc(N)c(Cl)cc1C(=O)N1CC(c2ccccc2)CC1C.Cl. The number of methoxy groups -OCH3 is 1. The lowest BCUT2D eigenvalue weighted by atomic mass is 9.97. The molecule has 0 radical (unpaired) electrons. The van der Waals surface area contributed by atoms with Gasteiger partial charge in [-0.05, 0) is 25.0 Å². The maximum Gasteiger partial charge on any atom is 0.257 e. The third-order valence-electron chi connectivity index (χ3n) is 4.66. The normalized spacial score (nSPS) is 19.4. The quantitative estimate of drug-likeness (QED) is 0.804. The summed E-state index contributed by atoms with van der Waals surface area (Å²) in [5, 5.41) is 0.366. The van der Waals surface area contributed by atoms with Crippen LogP contribution in [0.15, 0.2) is 42.5 Å². The van der Waals surface area contributed by atoms with E-state index in [1.54, 1.807) is 12.1 Å². The van der Waals surface area contributed by atoms with Crippen molar-refractivity contribution in [3.05, 3.63) is 58.6 Å². The van der Waals surface area contributed by atoms with Crippen LogP contribution in [-0.4, -0.2) is 30.5 Å². The molecule has 1 saturated heterocycles. The number of nitrogens with zero attached hydrogens (tertiary/aromatic N) is 1. The summed E-state index contributed by atoms with van der Waals surface area (Å²) in [7, 11) is 1.53.